The summed E-state index contributed by atoms with van der Waals surface area (Å²) in [6.07, 6.45) is -0.0827. The van der Waals surface area contributed by atoms with E-state index < -0.39 is 0 Å². The Kier molecular flexibility index (Phi) is 5.65. The van der Waals surface area contributed by atoms with Gasteiger partial charge in [-0.2, -0.15) is 0 Å². The highest BCUT2D eigenvalue weighted by atomic mass is 16.6. The smallest absolute Gasteiger partial charge is 0.254 e. The molecule has 0 spiro atoms. The average molecular weight is 399 g/mol. The van der Waals surface area contributed by atoms with E-state index in [1.54, 1.807) is 10.6 Å². The number of nitrogens with zero attached hydrogens (tertiary/aromatic N) is 2. The summed E-state index contributed by atoms with van der Waals surface area (Å²) in [6.45, 7) is 11.3. The number of anilines is 1. The maximum atomic E-state index is 12.7. The van der Waals surface area contributed by atoms with Crippen molar-refractivity contribution in [3.05, 3.63) is 58.0 Å². The van der Waals surface area contributed by atoms with E-state index in [1.165, 1.54) is 5.69 Å². The van der Waals surface area contributed by atoms with Gasteiger partial charge >= 0.3 is 0 Å². The Morgan fingerprint density at radius 3 is 2.69 bits per heavy atom. The first-order chi connectivity index (χ1) is 13.9. The molecule has 0 aliphatic carbocycles. The van der Waals surface area contributed by atoms with Gasteiger partial charge in [0, 0.05) is 30.5 Å². The van der Waals surface area contributed by atoms with Crippen LogP contribution in [0.1, 0.15) is 25.1 Å². The van der Waals surface area contributed by atoms with E-state index in [0.717, 1.165) is 24.3 Å². The Morgan fingerprint density at radius 1 is 1.17 bits per heavy atom. The molecule has 2 saturated heterocycles. The Bertz CT molecular complexity index is 907. The van der Waals surface area contributed by atoms with Crippen molar-refractivity contribution in [2.75, 3.05) is 44.4 Å². The molecule has 1 aromatic carbocycles. The van der Waals surface area contributed by atoms with Crippen molar-refractivity contribution in [1.29, 1.82) is 0 Å². The van der Waals surface area contributed by atoms with Crippen LogP contribution in [0.4, 0.5) is 5.69 Å². The molecule has 6 heteroatoms. The second-order valence-corrected chi connectivity index (χ2v) is 8.83. The first kappa shape index (κ1) is 20.0. The molecule has 0 amide bonds. The fourth-order valence-electron chi connectivity index (χ4n) is 4.01. The number of ether oxygens (including phenoxy) is 3. The number of pyridine rings is 1. The Hall–Kier alpha value is -2.31. The summed E-state index contributed by atoms with van der Waals surface area (Å²) in [5.41, 5.74) is 3.55. The van der Waals surface area contributed by atoms with Crippen molar-refractivity contribution in [2.45, 2.75) is 33.4 Å². The van der Waals surface area contributed by atoms with Crippen LogP contribution in [0.3, 0.4) is 0 Å². The van der Waals surface area contributed by atoms with Gasteiger partial charge in [0.15, 0.2) is 0 Å². The lowest BCUT2D eigenvalue weighted by Gasteiger charge is -2.47. The van der Waals surface area contributed by atoms with Gasteiger partial charge in [0.05, 0.1) is 26.4 Å². The van der Waals surface area contributed by atoms with Gasteiger partial charge in [0.1, 0.15) is 18.5 Å². The lowest BCUT2D eigenvalue weighted by molar-refractivity contribution is -0.101. The molecule has 3 heterocycles. The van der Waals surface area contributed by atoms with Gasteiger partial charge in [-0.1, -0.05) is 26.0 Å². The van der Waals surface area contributed by atoms with Gasteiger partial charge in [-0.25, -0.2) is 0 Å². The third-order valence-corrected chi connectivity index (χ3v) is 5.48. The molecule has 2 aliphatic rings. The van der Waals surface area contributed by atoms with E-state index in [9.17, 15) is 4.79 Å². The zero-order valence-electron chi connectivity index (χ0n) is 17.5. The molecule has 1 atom stereocenters. The van der Waals surface area contributed by atoms with Gasteiger partial charge in [-0.15, -0.1) is 0 Å². The summed E-state index contributed by atoms with van der Waals surface area (Å²) >= 11 is 0. The predicted octanol–water partition coefficient (Wildman–Crippen LogP) is 2.85. The van der Waals surface area contributed by atoms with Crippen LogP contribution in [0.15, 0.2) is 41.2 Å². The molecule has 1 aromatic heterocycles. The number of benzene rings is 1. The summed E-state index contributed by atoms with van der Waals surface area (Å²) in [6, 6.07) is 11.9. The fraction of sp³-hybridized carbons (Fsp3) is 0.522. The third kappa shape index (κ3) is 4.82. The maximum absolute atomic E-state index is 12.7. The number of hydrogen-bond donors (Lipinski definition) is 0. The molecule has 0 unspecified atom stereocenters. The molecule has 0 bridgehead atoms. The molecule has 2 aliphatic heterocycles. The molecular weight excluding hydrogens is 368 g/mol. The number of aryl methyl sites for hydroxylation is 1. The minimum atomic E-state index is -0.0827. The minimum Gasteiger partial charge on any atom is -0.491 e. The SMILES string of the molecule is Cc1cc(OC[C@H]2COCCO2)cc(=O)n1Cc1cccc(N2CC(C)(C)C2)c1. The standard InChI is InChI=1S/C23H30N2O4/c1-17-9-20(29-14-21-13-27-7-8-28-21)11-22(26)25(17)12-18-5-4-6-19(10-18)24-15-23(2,3)16-24/h4-6,9-11,21H,7-8,12-16H2,1-3H3/t21-/m1/s1. The molecule has 156 valence electrons. The highest BCUT2D eigenvalue weighted by molar-refractivity contribution is 5.51. The summed E-state index contributed by atoms with van der Waals surface area (Å²) < 4.78 is 18.5. The number of rotatable bonds is 6. The summed E-state index contributed by atoms with van der Waals surface area (Å²) in [5.74, 6) is 0.578. The molecule has 2 aromatic rings. The van der Waals surface area contributed by atoms with Crippen molar-refractivity contribution in [1.82, 2.24) is 4.57 Å². The van der Waals surface area contributed by atoms with Crippen LogP contribution >= 0.6 is 0 Å². The first-order valence-electron chi connectivity index (χ1n) is 10.3. The molecule has 0 saturated carbocycles. The Morgan fingerprint density at radius 2 is 2.00 bits per heavy atom. The monoisotopic (exact) mass is 398 g/mol. The second-order valence-electron chi connectivity index (χ2n) is 8.83. The lowest BCUT2D eigenvalue weighted by Crippen LogP contribution is -2.53. The number of hydrogen-bond acceptors (Lipinski definition) is 5. The highest BCUT2D eigenvalue weighted by Gasteiger charge is 2.34. The van der Waals surface area contributed by atoms with Crippen LogP contribution in [-0.4, -0.2) is 50.2 Å². The normalized spacial score (nSPS) is 20.9. The largest absolute Gasteiger partial charge is 0.491 e. The zero-order valence-corrected chi connectivity index (χ0v) is 17.5. The van der Waals surface area contributed by atoms with E-state index in [-0.39, 0.29) is 11.7 Å². The summed E-state index contributed by atoms with van der Waals surface area (Å²) in [7, 11) is 0. The van der Waals surface area contributed by atoms with Crippen LogP contribution in [0.25, 0.3) is 0 Å². The molecule has 2 fully saturated rings. The van der Waals surface area contributed by atoms with E-state index in [2.05, 4.69) is 43.0 Å². The van der Waals surface area contributed by atoms with Gasteiger partial charge in [0.25, 0.3) is 5.56 Å². The van der Waals surface area contributed by atoms with Crippen molar-refractivity contribution in [2.24, 2.45) is 5.41 Å². The van der Waals surface area contributed by atoms with E-state index in [0.29, 0.717) is 44.1 Å². The van der Waals surface area contributed by atoms with Crippen molar-refractivity contribution in [3.8, 4) is 5.75 Å². The molecule has 0 N–H and O–H groups in total. The van der Waals surface area contributed by atoms with Crippen LogP contribution in [0.5, 0.6) is 5.75 Å². The van der Waals surface area contributed by atoms with Gasteiger partial charge in [-0.3, -0.25) is 4.79 Å². The fourth-order valence-corrected chi connectivity index (χ4v) is 4.01. The van der Waals surface area contributed by atoms with Crippen molar-refractivity contribution < 1.29 is 14.2 Å². The summed E-state index contributed by atoms with van der Waals surface area (Å²) in [4.78, 5) is 15.1. The van der Waals surface area contributed by atoms with E-state index >= 15 is 0 Å². The number of aromatic nitrogens is 1. The first-order valence-corrected chi connectivity index (χ1v) is 10.3. The molecule has 29 heavy (non-hydrogen) atoms. The van der Waals surface area contributed by atoms with Crippen molar-refractivity contribution >= 4 is 5.69 Å². The minimum absolute atomic E-state index is 0.0590. The highest BCUT2D eigenvalue weighted by Crippen LogP contribution is 2.33. The van der Waals surface area contributed by atoms with E-state index in [4.69, 9.17) is 14.2 Å². The van der Waals surface area contributed by atoms with Crippen LogP contribution in [0, 0.1) is 12.3 Å². The second kappa shape index (κ2) is 8.20. The zero-order chi connectivity index (χ0) is 20.4. The quantitative estimate of drug-likeness (QED) is 0.749. The lowest BCUT2D eigenvalue weighted by atomic mass is 9.84. The van der Waals surface area contributed by atoms with Crippen LogP contribution in [0.2, 0.25) is 0 Å². The topological polar surface area (TPSA) is 52.9 Å². The third-order valence-electron chi connectivity index (χ3n) is 5.48. The Labute approximate surface area is 172 Å². The van der Waals surface area contributed by atoms with Crippen LogP contribution in [-0.2, 0) is 16.0 Å². The van der Waals surface area contributed by atoms with E-state index in [1.807, 2.05) is 13.0 Å². The molecule has 0 radical (unpaired) electrons. The van der Waals surface area contributed by atoms with Gasteiger partial charge in [0.2, 0.25) is 0 Å². The summed E-state index contributed by atoms with van der Waals surface area (Å²) in [5, 5.41) is 0. The average Bonchev–Trinajstić information content (AvgIpc) is 2.68. The van der Waals surface area contributed by atoms with Gasteiger partial charge in [-0.05, 0) is 36.1 Å². The predicted molar refractivity (Wildman–Crippen MR) is 113 cm³/mol. The molecule has 6 nitrogen and oxygen atoms in total. The molecular formula is C23H30N2O4. The molecule has 4 rings (SSSR count). The van der Waals surface area contributed by atoms with Gasteiger partial charge < -0.3 is 23.7 Å². The van der Waals surface area contributed by atoms with Crippen LogP contribution < -0.4 is 15.2 Å². The maximum Gasteiger partial charge on any atom is 0.254 e. The Balaban J connectivity index is 1.43. The van der Waals surface area contributed by atoms with Crippen molar-refractivity contribution in [3.63, 3.8) is 0 Å².